The minimum absolute atomic E-state index is 0.0821. The van der Waals surface area contributed by atoms with Gasteiger partial charge in [-0.15, -0.1) is 0 Å². The average molecular weight is 492 g/mol. The van der Waals surface area contributed by atoms with E-state index in [0.29, 0.717) is 35.3 Å². The first kappa shape index (κ1) is 24.5. The highest BCUT2D eigenvalue weighted by molar-refractivity contribution is 7.90. The molecule has 34 heavy (non-hydrogen) atoms. The molecule has 8 heteroatoms. The Balaban J connectivity index is 1.33. The zero-order valence-corrected chi connectivity index (χ0v) is 21.6. The van der Waals surface area contributed by atoms with Crippen LogP contribution in [-0.4, -0.2) is 40.0 Å². The molecule has 1 aromatic rings. The SMILES string of the molecule is C[C@@H]1CC[C@H]2[C@@H](C)[C@](C)(CCC(=O)Nc3cccc([S+](C)[O-])c3)O[C@@H]3O[C@]4(C)CC[C@@H]1[C@]32OO4. The summed E-state index contributed by atoms with van der Waals surface area (Å²) in [6.07, 6.45) is 5.99. The number of hydrogen-bond acceptors (Lipinski definition) is 6. The van der Waals surface area contributed by atoms with Crippen LogP contribution < -0.4 is 5.32 Å². The molecule has 4 aliphatic heterocycles. The van der Waals surface area contributed by atoms with Gasteiger partial charge in [0.25, 0.3) is 0 Å². The highest BCUT2D eigenvalue weighted by Crippen LogP contribution is 2.62. The van der Waals surface area contributed by atoms with Crippen LogP contribution in [0.5, 0.6) is 0 Å². The maximum atomic E-state index is 12.8. The standard InChI is InChI=1S/C26H37NO6S/c1-16-9-10-21-17(2)24(3,13-12-22(28)27-18-7-6-8-19(15-18)34(5)29)30-23-26(21)20(16)11-14-25(4,31-23)32-33-26/h6-8,15-17,20-21,23H,9-14H2,1-5H3,(H,27,28)/t16-,17-,20+,21+,23-,24+,25+,26-,34?/m1/s1. The zero-order chi connectivity index (χ0) is 24.3. The average Bonchev–Trinajstić information content (AvgIpc) is 3.02. The number of hydrogen-bond donors (Lipinski definition) is 1. The second-order valence-electron chi connectivity index (χ2n) is 11.2. The normalized spacial score (nSPS) is 44.1. The van der Waals surface area contributed by atoms with Crippen molar-refractivity contribution in [2.24, 2.45) is 23.7 Å². The summed E-state index contributed by atoms with van der Waals surface area (Å²) in [6, 6.07) is 7.18. The molecule has 6 rings (SSSR count). The van der Waals surface area contributed by atoms with Gasteiger partial charge in [-0.3, -0.25) is 4.79 Å². The van der Waals surface area contributed by atoms with Gasteiger partial charge in [-0.05, 0) is 80.6 Å². The van der Waals surface area contributed by atoms with Crippen LogP contribution in [0.2, 0.25) is 0 Å². The molecule has 1 amide bonds. The van der Waals surface area contributed by atoms with E-state index in [0.717, 1.165) is 25.7 Å². The van der Waals surface area contributed by atoms with E-state index in [1.807, 2.05) is 13.0 Å². The van der Waals surface area contributed by atoms with Crippen molar-refractivity contribution in [3.63, 3.8) is 0 Å². The van der Waals surface area contributed by atoms with Crippen molar-refractivity contribution in [1.82, 2.24) is 0 Å². The highest BCUT2D eigenvalue weighted by atomic mass is 32.2. The van der Waals surface area contributed by atoms with Gasteiger partial charge in [-0.2, -0.15) is 0 Å². The lowest BCUT2D eigenvalue weighted by molar-refractivity contribution is -0.576. The Bertz CT molecular complexity index is 944. The molecule has 4 saturated heterocycles. The lowest BCUT2D eigenvalue weighted by Crippen LogP contribution is -2.72. The lowest BCUT2D eigenvalue weighted by Gasteiger charge is -2.63. The van der Waals surface area contributed by atoms with Gasteiger partial charge in [0.05, 0.1) is 5.60 Å². The fourth-order valence-electron chi connectivity index (χ4n) is 6.79. The van der Waals surface area contributed by atoms with Gasteiger partial charge in [0, 0.05) is 30.5 Å². The summed E-state index contributed by atoms with van der Waals surface area (Å²) in [6.45, 7) is 8.57. The Labute approximate surface area is 205 Å². The van der Waals surface area contributed by atoms with Crippen LogP contribution in [-0.2, 0) is 35.2 Å². The molecule has 0 radical (unpaired) electrons. The molecule has 2 bridgehead atoms. The molecule has 1 unspecified atom stereocenters. The van der Waals surface area contributed by atoms with E-state index < -0.39 is 34.5 Å². The summed E-state index contributed by atoms with van der Waals surface area (Å²) >= 11 is -1.10. The molecule has 9 atom stereocenters. The van der Waals surface area contributed by atoms with Gasteiger partial charge in [-0.1, -0.05) is 19.9 Å². The van der Waals surface area contributed by atoms with Crippen molar-refractivity contribution in [3.05, 3.63) is 24.3 Å². The van der Waals surface area contributed by atoms with Crippen LogP contribution in [0, 0.1) is 23.7 Å². The monoisotopic (exact) mass is 491 g/mol. The van der Waals surface area contributed by atoms with Crippen molar-refractivity contribution in [2.75, 3.05) is 11.6 Å². The quantitative estimate of drug-likeness (QED) is 0.471. The summed E-state index contributed by atoms with van der Waals surface area (Å²) in [5.41, 5.74) is -0.461. The van der Waals surface area contributed by atoms with Gasteiger partial charge in [0.15, 0.2) is 16.8 Å². The van der Waals surface area contributed by atoms with E-state index in [-0.39, 0.29) is 17.7 Å². The van der Waals surface area contributed by atoms with E-state index in [2.05, 4.69) is 26.1 Å². The number of fused-ring (bicyclic) bond motifs is 2. The summed E-state index contributed by atoms with van der Waals surface area (Å²) in [4.78, 5) is 25.7. The fourth-order valence-corrected chi connectivity index (χ4v) is 7.35. The number of carbonyl (C=O) groups excluding carboxylic acids is 1. The van der Waals surface area contributed by atoms with E-state index >= 15 is 0 Å². The second-order valence-corrected chi connectivity index (χ2v) is 12.5. The Morgan fingerprint density at radius 3 is 2.71 bits per heavy atom. The van der Waals surface area contributed by atoms with E-state index in [1.165, 1.54) is 0 Å². The minimum atomic E-state index is -1.10. The number of benzene rings is 1. The molecule has 188 valence electrons. The van der Waals surface area contributed by atoms with Gasteiger partial charge in [0.2, 0.25) is 11.7 Å². The first-order valence-electron chi connectivity index (χ1n) is 12.5. The Morgan fingerprint density at radius 1 is 1.15 bits per heavy atom. The molecule has 5 aliphatic rings. The number of rotatable bonds is 5. The third-order valence-electron chi connectivity index (χ3n) is 9.02. The zero-order valence-electron chi connectivity index (χ0n) is 20.8. The highest BCUT2D eigenvalue weighted by Gasteiger charge is 2.70. The van der Waals surface area contributed by atoms with Crippen molar-refractivity contribution in [3.8, 4) is 0 Å². The molecular weight excluding hydrogens is 454 g/mol. The molecule has 1 aliphatic carbocycles. The molecule has 1 spiro atoms. The smallest absolute Gasteiger partial charge is 0.224 e. The molecular formula is C26H37NO6S. The summed E-state index contributed by atoms with van der Waals surface area (Å²) in [5, 5.41) is 2.95. The summed E-state index contributed by atoms with van der Waals surface area (Å²) < 4.78 is 25.0. The number of carbonyl (C=O) groups is 1. The van der Waals surface area contributed by atoms with Crippen LogP contribution in [0.25, 0.3) is 0 Å². The van der Waals surface area contributed by atoms with E-state index in [4.69, 9.17) is 19.2 Å². The third-order valence-corrected chi connectivity index (χ3v) is 9.93. The van der Waals surface area contributed by atoms with Crippen molar-refractivity contribution in [1.29, 1.82) is 0 Å². The first-order chi connectivity index (χ1) is 16.1. The second kappa shape index (κ2) is 8.75. The maximum absolute atomic E-state index is 12.8. The molecule has 1 aromatic carbocycles. The minimum Gasteiger partial charge on any atom is -0.612 e. The molecule has 1 saturated carbocycles. The molecule has 4 heterocycles. The lowest BCUT2D eigenvalue weighted by atomic mass is 9.55. The van der Waals surface area contributed by atoms with Crippen LogP contribution in [0.15, 0.2) is 29.2 Å². The van der Waals surface area contributed by atoms with E-state index in [1.54, 1.807) is 24.5 Å². The van der Waals surface area contributed by atoms with Gasteiger partial charge >= 0.3 is 0 Å². The maximum Gasteiger partial charge on any atom is 0.224 e. The van der Waals surface area contributed by atoms with Crippen molar-refractivity contribution < 1.29 is 28.6 Å². The molecule has 5 fully saturated rings. The van der Waals surface area contributed by atoms with Crippen LogP contribution in [0.3, 0.4) is 0 Å². The summed E-state index contributed by atoms with van der Waals surface area (Å²) in [5.74, 6) is 0.367. The predicted molar refractivity (Wildman–Crippen MR) is 128 cm³/mol. The Hall–Kier alpha value is -1.16. The number of ether oxygens (including phenoxy) is 2. The number of amides is 1. The van der Waals surface area contributed by atoms with E-state index in [9.17, 15) is 9.35 Å². The predicted octanol–water partition coefficient (Wildman–Crippen LogP) is 4.78. The molecule has 0 aromatic heterocycles. The topological polar surface area (TPSA) is 89.1 Å². The van der Waals surface area contributed by atoms with Gasteiger partial charge in [0.1, 0.15) is 6.26 Å². The number of anilines is 1. The van der Waals surface area contributed by atoms with Crippen LogP contribution >= 0.6 is 0 Å². The third kappa shape index (κ3) is 4.00. The molecule has 1 N–H and O–H groups in total. The van der Waals surface area contributed by atoms with Crippen LogP contribution in [0.1, 0.15) is 66.2 Å². The molecule has 7 nitrogen and oxygen atoms in total. The van der Waals surface area contributed by atoms with Gasteiger partial charge in [-0.25, -0.2) is 9.78 Å². The summed E-state index contributed by atoms with van der Waals surface area (Å²) in [7, 11) is 0. The fraction of sp³-hybridized carbons (Fsp3) is 0.731. The van der Waals surface area contributed by atoms with Crippen molar-refractivity contribution >= 4 is 22.8 Å². The van der Waals surface area contributed by atoms with Gasteiger partial charge < -0.3 is 19.3 Å². The largest absolute Gasteiger partial charge is 0.612 e. The van der Waals surface area contributed by atoms with Crippen LogP contribution in [0.4, 0.5) is 5.69 Å². The first-order valence-corrected chi connectivity index (χ1v) is 14.1. The Morgan fingerprint density at radius 2 is 1.94 bits per heavy atom. The van der Waals surface area contributed by atoms with Crippen molar-refractivity contribution in [2.45, 2.75) is 94.4 Å². The number of nitrogens with one attached hydrogen (secondary N) is 1. The Kier molecular flexibility index (Phi) is 6.31.